The van der Waals surface area contributed by atoms with Gasteiger partial charge in [0.05, 0.1) is 0 Å². The molecule has 3 heteroatoms. The number of fused-ring (bicyclic) bond motifs is 5. The maximum absolute atomic E-state index is 12.3. The fourth-order valence-corrected chi connectivity index (χ4v) is 8.74. The van der Waals surface area contributed by atoms with E-state index < -0.39 is 5.60 Å². The minimum Gasteiger partial charge on any atom is -0.455 e. The van der Waals surface area contributed by atoms with Crippen LogP contribution in [0, 0.1) is 40.4 Å². The van der Waals surface area contributed by atoms with Crippen LogP contribution < -0.4 is 0 Å². The fourth-order valence-electron chi connectivity index (χ4n) is 8.74. The van der Waals surface area contributed by atoms with E-state index in [4.69, 9.17) is 4.74 Å². The van der Waals surface area contributed by atoms with Crippen molar-refractivity contribution in [3.05, 3.63) is 12.2 Å². The average Bonchev–Trinajstić information content (AvgIpc) is 2.99. The van der Waals surface area contributed by atoms with Crippen molar-refractivity contribution < 1.29 is 14.3 Å². The minimum absolute atomic E-state index is 0.181. The normalized spacial score (nSPS) is 48.8. The smallest absolute Gasteiger partial charge is 0.303 e. The Morgan fingerprint density at radius 3 is 2.17 bits per heavy atom. The van der Waals surface area contributed by atoms with E-state index in [-0.39, 0.29) is 17.3 Å². The lowest BCUT2D eigenvalue weighted by atomic mass is 9.43. The summed E-state index contributed by atoms with van der Waals surface area (Å²) in [6.07, 6.45) is 10.3. The largest absolute Gasteiger partial charge is 0.455 e. The molecule has 0 heterocycles. The Morgan fingerprint density at radius 2 is 1.55 bits per heavy atom. The van der Waals surface area contributed by atoms with Gasteiger partial charge in [0.1, 0.15) is 11.4 Å². The molecule has 4 rings (SSSR count). The predicted octanol–water partition coefficient (Wildman–Crippen LogP) is 6.11. The van der Waals surface area contributed by atoms with Crippen LogP contribution in [0.4, 0.5) is 0 Å². The fraction of sp³-hybridized carbons (Fsp3) is 0.846. The number of carbonyl (C=O) groups excluding carboxylic acids is 2. The van der Waals surface area contributed by atoms with Crippen LogP contribution in [0.25, 0.3) is 0 Å². The highest BCUT2D eigenvalue weighted by atomic mass is 16.6. The summed E-state index contributed by atoms with van der Waals surface area (Å²) in [4.78, 5) is 24.2. The third kappa shape index (κ3) is 3.05. The van der Waals surface area contributed by atoms with E-state index >= 15 is 0 Å². The van der Waals surface area contributed by atoms with Gasteiger partial charge >= 0.3 is 5.97 Å². The molecule has 4 saturated carbocycles. The number of esters is 1. The van der Waals surface area contributed by atoms with Gasteiger partial charge in [-0.15, -0.1) is 0 Å². The zero-order valence-corrected chi connectivity index (χ0v) is 19.2. The van der Waals surface area contributed by atoms with E-state index in [0.717, 1.165) is 43.1 Å². The van der Waals surface area contributed by atoms with Crippen LogP contribution in [-0.4, -0.2) is 17.4 Å². The second-order valence-corrected chi connectivity index (χ2v) is 11.5. The molecule has 0 aromatic carbocycles. The van der Waals surface area contributed by atoms with Crippen molar-refractivity contribution in [2.75, 3.05) is 0 Å². The van der Waals surface area contributed by atoms with Gasteiger partial charge in [-0.2, -0.15) is 0 Å². The van der Waals surface area contributed by atoms with Crippen molar-refractivity contribution >= 4 is 11.8 Å². The Hall–Kier alpha value is -1.12. The lowest BCUT2D eigenvalue weighted by Gasteiger charge is -2.62. The first-order chi connectivity index (χ1) is 13.5. The minimum atomic E-state index is -0.459. The Kier molecular flexibility index (Phi) is 5.07. The molecular weight excluding hydrogens is 360 g/mol. The number of rotatable bonds is 3. The zero-order valence-electron chi connectivity index (χ0n) is 19.2. The molecule has 0 saturated heterocycles. The molecule has 0 bridgehead atoms. The molecule has 4 fully saturated rings. The highest BCUT2D eigenvalue weighted by molar-refractivity contribution is 5.79. The molecule has 0 aliphatic heterocycles. The molecule has 3 unspecified atom stereocenters. The number of ketones is 1. The molecular formula is C26H40O3. The van der Waals surface area contributed by atoms with Crippen LogP contribution in [0.15, 0.2) is 12.2 Å². The molecule has 0 N–H and O–H groups in total. The molecule has 0 spiro atoms. The molecule has 0 amide bonds. The quantitative estimate of drug-likeness (QED) is 0.424. The van der Waals surface area contributed by atoms with Gasteiger partial charge in [0, 0.05) is 12.8 Å². The highest BCUT2D eigenvalue weighted by Crippen LogP contribution is 2.68. The van der Waals surface area contributed by atoms with Gasteiger partial charge in [-0.25, -0.2) is 0 Å². The van der Waals surface area contributed by atoms with Gasteiger partial charge in [0.2, 0.25) is 0 Å². The predicted molar refractivity (Wildman–Crippen MR) is 115 cm³/mol. The summed E-state index contributed by atoms with van der Waals surface area (Å²) in [5, 5.41) is 0. The third-order valence-electron chi connectivity index (χ3n) is 10.3. The Labute approximate surface area is 177 Å². The van der Waals surface area contributed by atoms with Crippen molar-refractivity contribution in [2.45, 2.75) is 98.0 Å². The number of hydrogen-bond donors (Lipinski definition) is 0. The molecule has 4 aliphatic rings. The van der Waals surface area contributed by atoms with E-state index in [1.54, 1.807) is 0 Å². The first-order valence-electron chi connectivity index (χ1n) is 11.9. The maximum atomic E-state index is 12.3. The number of ether oxygens (including phenoxy) is 1. The van der Waals surface area contributed by atoms with Crippen LogP contribution >= 0.6 is 0 Å². The molecule has 0 aromatic heterocycles. The molecule has 29 heavy (non-hydrogen) atoms. The maximum Gasteiger partial charge on any atom is 0.303 e. The van der Waals surface area contributed by atoms with Crippen molar-refractivity contribution in [1.82, 2.24) is 0 Å². The zero-order chi connectivity index (χ0) is 21.2. The summed E-state index contributed by atoms with van der Waals surface area (Å²) in [7, 11) is 0. The van der Waals surface area contributed by atoms with Gasteiger partial charge in [0.25, 0.3) is 0 Å². The van der Waals surface area contributed by atoms with Crippen LogP contribution in [-0.2, 0) is 14.3 Å². The van der Waals surface area contributed by atoms with Crippen molar-refractivity contribution in [2.24, 2.45) is 40.4 Å². The molecule has 0 radical (unpaired) electrons. The lowest BCUT2D eigenvalue weighted by Crippen LogP contribution is -2.57. The van der Waals surface area contributed by atoms with Crippen LogP contribution in [0.3, 0.4) is 0 Å². The molecule has 0 aromatic rings. The van der Waals surface area contributed by atoms with Gasteiger partial charge < -0.3 is 4.74 Å². The summed E-state index contributed by atoms with van der Waals surface area (Å²) >= 11 is 0. The summed E-state index contributed by atoms with van der Waals surface area (Å²) in [6.45, 7) is 14.5. The van der Waals surface area contributed by atoms with E-state index in [1.165, 1.54) is 39.0 Å². The second-order valence-electron chi connectivity index (χ2n) is 11.5. The second kappa shape index (κ2) is 6.95. The average molecular weight is 401 g/mol. The highest BCUT2D eigenvalue weighted by Gasteiger charge is 2.62. The summed E-state index contributed by atoms with van der Waals surface area (Å²) in [5.74, 6) is 3.36. The summed E-state index contributed by atoms with van der Waals surface area (Å²) in [5.41, 5.74) is 1.11. The summed E-state index contributed by atoms with van der Waals surface area (Å²) in [6, 6.07) is 0. The first kappa shape index (κ1) is 21.1. The van der Waals surface area contributed by atoms with Crippen LogP contribution in [0.5, 0.6) is 0 Å². The Bertz CT molecular complexity index is 725. The molecule has 8 atom stereocenters. The van der Waals surface area contributed by atoms with Crippen molar-refractivity contribution in [1.29, 1.82) is 0 Å². The topological polar surface area (TPSA) is 43.4 Å². The van der Waals surface area contributed by atoms with Crippen molar-refractivity contribution in [3.8, 4) is 0 Å². The van der Waals surface area contributed by atoms with Gasteiger partial charge in [-0.1, -0.05) is 20.4 Å². The van der Waals surface area contributed by atoms with E-state index in [0.29, 0.717) is 23.0 Å². The molecule has 162 valence electrons. The van der Waals surface area contributed by atoms with Crippen molar-refractivity contribution in [3.63, 3.8) is 0 Å². The molecule has 4 aliphatic carbocycles. The van der Waals surface area contributed by atoms with Gasteiger partial charge in [0.15, 0.2) is 0 Å². The van der Waals surface area contributed by atoms with E-state index in [9.17, 15) is 9.59 Å². The van der Waals surface area contributed by atoms with E-state index in [2.05, 4.69) is 20.4 Å². The molecule has 3 nitrogen and oxygen atoms in total. The third-order valence-corrected chi connectivity index (χ3v) is 10.3. The Balaban J connectivity index is 1.59. The lowest BCUT2D eigenvalue weighted by molar-refractivity contribution is -0.175. The van der Waals surface area contributed by atoms with E-state index in [1.807, 2.05) is 13.8 Å². The van der Waals surface area contributed by atoms with Gasteiger partial charge in [-0.05, 0) is 112 Å². The number of Topliss-reactive ketones (excluding diaryl/α,β-unsaturated/α-hetero) is 1. The standard InChI is InChI=1S/C26H40O3/c1-16(2)26(29-18(4)28)14-13-24(5)19(15-26)7-8-20-22-10-9-21(17(3)27)25(22,6)12-11-23(20)24/h19-23H,1,7-15H2,2-6H3/t19-,20?,21+,22?,23?,24-,25+,26+/m0/s1. The summed E-state index contributed by atoms with van der Waals surface area (Å²) < 4.78 is 5.92. The number of carbonyl (C=O) groups is 2. The Morgan fingerprint density at radius 1 is 0.862 bits per heavy atom. The van der Waals surface area contributed by atoms with Crippen LogP contribution in [0.1, 0.15) is 92.4 Å². The first-order valence-corrected chi connectivity index (χ1v) is 11.9. The monoisotopic (exact) mass is 400 g/mol. The van der Waals surface area contributed by atoms with Crippen LogP contribution in [0.2, 0.25) is 0 Å². The number of hydrogen-bond acceptors (Lipinski definition) is 3. The van der Waals surface area contributed by atoms with Gasteiger partial charge in [-0.3, -0.25) is 9.59 Å². The SMILES string of the molecule is C=C(C)[C@@]1(OC(C)=O)CC[C@]2(C)C3CC[C@@]4(C)C(CC[C@@H]4C(C)=O)C3CC[C@H]2C1.